The van der Waals surface area contributed by atoms with Gasteiger partial charge in [0, 0.05) is 17.7 Å². The average molecular weight is 288 g/mol. The van der Waals surface area contributed by atoms with Crippen LogP contribution < -0.4 is 10.1 Å². The molecule has 0 spiro atoms. The SMILES string of the molecule is CC1(C)Cc2cc(NC(=O)C(C)(Cl)Cl)ccc2O1. The molecule has 1 aromatic carbocycles. The Balaban J connectivity index is 2.17. The van der Waals surface area contributed by atoms with Crippen molar-refractivity contribution in [3.8, 4) is 5.75 Å². The molecule has 0 aromatic heterocycles. The van der Waals surface area contributed by atoms with Crippen LogP contribution in [0.15, 0.2) is 18.2 Å². The maximum absolute atomic E-state index is 11.7. The standard InChI is InChI=1S/C13H15Cl2NO2/c1-12(2)7-8-6-9(4-5-10(8)18-12)16-11(17)13(3,14)15/h4-6H,7H2,1-3H3,(H,16,17). The molecule has 0 aliphatic carbocycles. The largest absolute Gasteiger partial charge is 0.487 e. The van der Waals surface area contributed by atoms with Crippen LogP contribution in [0.25, 0.3) is 0 Å². The number of rotatable bonds is 2. The van der Waals surface area contributed by atoms with Gasteiger partial charge in [-0.2, -0.15) is 0 Å². The van der Waals surface area contributed by atoms with E-state index in [0.717, 1.165) is 17.7 Å². The first-order valence-corrected chi connectivity index (χ1v) is 6.44. The van der Waals surface area contributed by atoms with Crippen LogP contribution in [0, 0.1) is 0 Å². The van der Waals surface area contributed by atoms with E-state index in [-0.39, 0.29) is 5.60 Å². The van der Waals surface area contributed by atoms with Crippen LogP contribution in [0.3, 0.4) is 0 Å². The van der Waals surface area contributed by atoms with Gasteiger partial charge in [-0.1, -0.05) is 23.2 Å². The van der Waals surface area contributed by atoms with Crippen LogP contribution in [-0.2, 0) is 11.2 Å². The number of benzene rings is 1. The van der Waals surface area contributed by atoms with Crippen molar-refractivity contribution in [2.75, 3.05) is 5.32 Å². The van der Waals surface area contributed by atoms with Gasteiger partial charge in [-0.3, -0.25) is 4.79 Å². The molecule has 5 heteroatoms. The molecular formula is C13H15Cl2NO2. The summed E-state index contributed by atoms with van der Waals surface area (Å²) in [6.07, 6.45) is 0.811. The summed E-state index contributed by atoms with van der Waals surface area (Å²) in [6.45, 7) is 5.49. The lowest BCUT2D eigenvalue weighted by Gasteiger charge is -2.16. The molecule has 0 radical (unpaired) electrons. The Bertz CT molecular complexity index is 492. The van der Waals surface area contributed by atoms with Gasteiger partial charge in [0.2, 0.25) is 0 Å². The molecule has 2 rings (SSSR count). The molecule has 1 N–H and O–H groups in total. The summed E-state index contributed by atoms with van der Waals surface area (Å²) in [4.78, 5) is 11.7. The van der Waals surface area contributed by atoms with Gasteiger partial charge in [0.25, 0.3) is 5.91 Å². The van der Waals surface area contributed by atoms with E-state index >= 15 is 0 Å². The number of carbonyl (C=O) groups excluding carboxylic acids is 1. The lowest BCUT2D eigenvalue weighted by Crippen LogP contribution is -2.29. The molecular weight excluding hydrogens is 273 g/mol. The van der Waals surface area contributed by atoms with Crippen molar-refractivity contribution in [2.24, 2.45) is 0 Å². The number of fused-ring (bicyclic) bond motifs is 1. The summed E-state index contributed by atoms with van der Waals surface area (Å²) in [5.74, 6) is 0.418. The zero-order valence-corrected chi connectivity index (χ0v) is 12.0. The van der Waals surface area contributed by atoms with Crippen LogP contribution in [0.1, 0.15) is 26.3 Å². The highest BCUT2D eigenvalue weighted by Crippen LogP contribution is 2.36. The highest BCUT2D eigenvalue weighted by Gasteiger charge is 2.31. The Labute approximate surface area is 116 Å². The van der Waals surface area contributed by atoms with Crippen molar-refractivity contribution in [3.63, 3.8) is 0 Å². The number of alkyl halides is 2. The first-order valence-electron chi connectivity index (χ1n) is 5.69. The van der Waals surface area contributed by atoms with Crippen LogP contribution in [0.4, 0.5) is 5.69 Å². The van der Waals surface area contributed by atoms with Gasteiger partial charge in [-0.05, 0) is 39.0 Å². The minimum atomic E-state index is -1.44. The van der Waals surface area contributed by atoms with E-state index in [4.69, 9.17) is 27.9 Å². The number of anilines is 1. The Morgan fingerprint density at radius 1 is 1.44 bits per heavy atom. The van der Waals surface area contributed by atoms with Crippen molar-refractivity contribution in [3.05, 3.63) is 23.8 Å². The van der Waals surface area contributed by atoms with Crippen LogP contribution >= 0.6 is 23.2 Å². The lowest BCUT2D eigenvalue weighted by atomic mass is 10.0. The molecule has 98 valence electrons. The van der Waals surface area contributed by atoms with Gasteiger partial charge in [0.05, 0.1) is 0 Å². The van der Waals surface area contributed by atoms with Crippen molar-refractivity contribution in [2.45, 2.75) is 37.1 Å². The quantitative estimate of drug-likeness (QED) is 0.845. The fourth-order valence-electron chi connectivity index (χ4n) is 1.93. The molecule has 0 saturated carbocycles. The van der Waals surface area contributed by atoms with E-state index in [0.29, 0.717) is 5.69 Å². The van der Waals surface area contributed by atoms with Gasteiger partial charge < -0.3 is 10.1 Å². The summed E-state index contributed by atoms with van der Waals surface area (Å²) in [5, 5.41) is 2.68. The van der Waals surface area contributed by atoms with Crippen LogP contribution in [0.5, 0.6) is 5.75 Å². The van der Waals surface area contributed by atoms with E-state index in [2.05, 4.69) is 5.32 Å². The number of hydrogen-bond acceptors (Lipinski definition) is 2. The second-order valence-corrected chi connectivity index (χ2v) is 6.91. The Kier molecular flexibility index (Phi) is 3.24. The summed E-state index contributed by atoms with van der Waals surface area (Å²) in [7, 11) is 0. The molecule has 1 aliphatic rings. The number of amides is 1. The monoisotopic (exact) mass is 287 g/mol. The van der Waals surface area contributed by atoms with E-state index < -0.39 is 10.2 Å². The third kappa shape index (κ3) is 2.90. The van der Waals surface area contributed by atoms with Crippen molar-refractivity contribution < 1.29 is 9.53 Å². The summed E-state index contributed by atoms with van der Waals surface area (Å²) in [5.41, 5.74) is 1.55. The highest BCUT2D eigenvalue weighted by atomic mass is 35.5. The fourth-order valence-corrected chi connectivity index (χ4v) is 2.02. The molecule has 0 atom stereocenters. The minimum Gasteiger partial charge on any atom is -0.487 e. The molecule has 1 aromatic rings. The molecule has 0 saturated heterocycles. The predicted molar refractivity (Wildman–Crippen MR) is 73.6 cm³/mol. The zero-order chi connectivity index (χ0) is 13.6. The molecule has 18 heavy (non-hydrogen) atoms. The summed E-state index contributed by atoms with van der Waals surface area (Å²) in [6, 6.07) is 5.51. The number of nitrogens with one attached hydrogen (secondary N) is 1. The van der Waals surface area contributed by atoms with Gasteiger partial charge in [-0.25, -0.2) is 0 Å². The van der Waals surface area contributed by atoms with E-state index in [1.807, 2.05) is 26.0 Å². The van der Waals surface area contributed by atoms with Crippen LogP contribution in [0.2, 0.25) is 0 Å². The molecule has 1 heterocycles. The summed E-state index contributed by atoms with van der Waals surface area (Å²) < 4.78 is 4.32. The van der Waals surface area contributed by atoms with Gasteiger partial charge >= 0.3 is 0 Å². The highest BCUT2D eigenvalue weighted by molar-refractivity contribution is 6.58. The van der Waals surface area contributed by atoms with Crippen LogP contribution in [-0.4, -0.2) is 15.8 Å². The lowest BCUT2D eigenvalue weighted by molar-refractivity contribution is -0.116. The average Bonchev–Trinajstić information content (AvgIpc) is 2.49. The molecule has 0 bridgehead atoms. The molecule has 0 fully saturated rings. The summed E-state index contributed by atoms with van der Waals surface area (Å²) >= 11 is 11.4. The molecule has 1 amide bonds. The maximum atomic E-state index is 11.7. The molecule has 1 aliphatic heterocycles. The van der Waals surface area contributed by atoms with E-state index in [1.165, 1.54) is 6.92 Å². The normalized spacial score (nSPS) is 16.9. The topological polar surface area (TPSA) is 38.3 Å². The molecule has 3 nitrogen and oxygen atoms in total. The van der Waals surface area contributed by atoms with Crippen molar-refractivity contribution in [1.29, 1.82) is 0 Å². The Morgan fingerprint density at radius 2 is 2.11 bits per heavy atom. The smallest absolute Gasteiger partial charge is 0.260 e. The van der Waals surface area contributed by atoms with Gasteiger partial charge in [0.1, 0.15) is 11.4 Å². The number of halogens is 2. The number of hydrogen-bond donors (Lipinski definition) is 1. The first kappa shape index (κ1) is 13.5. The zero-order valence-electron chi connectivity index (χ0n) is 10.5. The van der Waals surface area contributed by atoms with Gasteiger partial charge in [0.15, 0.2) is 4.33 Å². The van der Waals surface area contributed by atoms with E-state index in [1.54, 1.807) is 6.07 Å². The first-order chi connectivity index (χ1) is 8.17. The Morgan fingerprint density at radius 3 is 2.72 bits per heavy atom. The fraction of sp³-hybridized carbons (Fsp3) is 0.462. The third-order valence-corrected chi connectivity index (χ3v) is 3.06. The van der Waals surface area contributed by atoms with Crippen molar-refractivity contribution in [1.82, 2.24) is 0 Å². The predicted octanol–water partition coefficient (Wildman–Crippen LogP) is 3.53. The van der Waals surface area contributed by atoms with Gasteiger partial charge in [-0.15, -0.1) is 0 Å². The second-order valence-electron chi connectivity index (χ2n) is 5.20. The van der Waals surface area contributed by atoms with Crippen molar-refractivity contribution >= 4 is 34.8 Å². The third-order valence-electron chi connectivity index (χ3n) is 2.72. The molecule has 0 unspecified atom stereocenters. The number of carbonyl (C=O) groups is 1. The number of ether oxygens (including phenoxy) is 1. The minimum absolute atomic E-state index is 0.196. The van der Waals surface area contributed by atoms with E-state index in [9.17, 15) is 4.79 Å². The Hall–Kier alpha value is -0.930. The second kappa shape index (κ2) is 4.32. The maximum Gasteiger partial charge on any atom is 0.260 e.